The third-order valence-corrected chi connectivity index (χ3v) is 5.02. The Balaban J connectivity index is 1.94. The second-order valence-electron chi connectivity index (χ2n) is 4.45. The van der Waals surface area contributed by atoms with E-state index in [1.54, 1.807) is 30.3 Å². The van der Waals surface area contributed by atoms with Crippen molar-refractivity contribution in [3.05, 3.63) is 47.8 Å². The summed E-state index contributed by atoms with van der Waals surface area (Å²) in [5, 5.41) is 3.85. The summed E-state index contributed by atoms with van der Waals surface area (Å²) in [6.45, 7) is 0.287. The lowest BCUT2D eigenvalue weighted by atomic mass is 10.3. The van der Waals surface area contributed by atoms with Crippen molar-refractivity contribution in [1.82, 2.24) is 14.1 Å². The Kier molecular flexibility index (Phi) is 2.84. The zero-order valence-corrected chi connectivity index (χ0v) is 11.2. The fourth-order valence-electron chi connectivity index (χ4n) is 2.22. The van der Waals surface area contributed by atoms with E-state index in [2.05, 4.69) is 5.10 Å². The number of hydrogen-bond donors (Lipinski definition) is 1. The first kappa shape index (κ1) is 12.8. The summed E-state index contributed by atoms with van der Waals surface area (Å²) in [6, 6.07) is 7.45. The molecule has 104 valence electrons. The van der Waals surface area contributed by atoms with Gasteiger partial charge in [-0.05, 0) is 12.1 Å². The molecule has 1 aliphatic heterocycles. The molecule has 0 saturated heterocycles. The van der Waals surface area contributed by atoms with E-state index in [4.69, 9.17) is 5.73 Å². The van der Waals surface area contributed by atoms with Crippen LogP contribution in [0.5, 0.6) is 0 Å². The largest absolute Gasteiger partial charge is 0.350 e. The SMILES string of the molecule is NC(=O)n1ncc2c1CN(S(=O)(=O)c1ccccc1)C2. The highest BCUT2D eigenvalue weighted by Gasteiger charge is 2.33. The molecule has 0 atom stereocenters. The minimum absolute atomic E-state index is 0.0928. The molecule has 0 spiro atoms. The summed E-state index contributed by atoms with van der Waals surface area (Å²) in [6.07, 6.45) is 1.47. The van der Waals surface area contributed by atoms with Gasteiger partial charge in [-0.25, -0.2) is 13.2 Å². The first-order chi connectivity index (χ1) is 9.50. The van der Waals surface area contributed by atoms with Crippen LogP contribution < -0.4 is 5.73 Å². The Labute approximate surface area is 115 Å². The molecule has 7 nitrogen and oxygen atoms in total. The number of nitrogens with zero attached hydrogens (tertiary/aromatic N) is 3. The topological polar surface area (TPSA) is 98.3 Å². The second-order valence-corrected chi connectivity index (χ2v) is 6.39. The first-order valence-corrected chi connectivity index (χ1v) is 7.35. The predicted molar refractivity (Wildman–Crippen MR) is 70.1 cm³/mol. The van der Waals surface area contributed by atoms with Gasteiger partial charge in [-0.15, -0.1) is 0 Å². The van der Waals surface area contributed by atoms with Gasteiger partial charge in [-0.3, -0.25) is 0 Å². The van der Waals surface area contributed by atoms with E-state index in [0.29, 0.717) is 11.3 Å². The van der Waals surface area contributed by atoms with Crippen LogP contribution in [0.1, 0.15) is 11.3 Å². The number of hydrogen-bond acceptors (Lipinski definition) is 4. The Hall–Kier alpha value is -2.19. The van der Waals surface area contributed by atoms with E-state index in [1.807, 2.05) is 0 Å². The number of rotatable bonds is 2. The molecular formula is C12H12N4O3S. The summed E-state index contributed by atoms with van der Waals surface area (Å²) < 4.78 is 27.3. The Morgan fingerprint density at radius 1 is 1.20 bits per heavy atom. The van der Waals surface area contributed by atoms with Crippen LogP contribution in [-0.4, -0.2) is 28.5 Å². The standard InChI is InChI=1S/C12H12N4O3S/c13-12(17)16-11-8-15(7-9(11)6-14-16)20(18,19)10-4-2-1-3-5-10/h1-6H,7-8H2,(H2,13,17). The van der Waals surface area contributed by atoms with Crippen LogP contribution in [0.3, 0.4) is 0 Å². The zero-order chi connectivity index (χ0) is 14.3. The lowest BCUT2D eigenvalue weighted by Crippen LogP contribution is -2.28. The lowest BCUT2D eigenvalue weighted by Gasteiger charge is -2.15. The van der Waals surface area contributed by atoms with Gasteiger partial charge in [0.1, 0.15) is 0 Å². The van der Waals surface area contributed by atoms with Crippen LogP contribution >= 0.6 is 0 Å². The number of sulfonamides is 1. The Morgan fingerprint density at radius 3 is 2.55 bits per heavy atom. The van der Waals surface area contributed by atoms with Crippen molar-refractivity contribution in [3.63, 3.8) is 0 Å². The third-order valence-electron chi connectivity index (χ3n) is 3.22. The number of carbonyl (C=O) groups excluding carboxylic acids is 1. The van der Waals surface area contributed by atoms with Gasteiger partial charge in [0.05, 0.1) is 23.3 Å². The monoisotopic (exact) mass is 292 g/mol. The van der Waals surface area contributed by atoms with Gasteiger partial charge in [0, 0.05) is 12.1 Å². The van der Waals surface area contributed by atoms with Crippen LogP contribution in [0.25, 0.3) is 0 Å². The summed E-state index contributed by atoms with van der Waals surface area (Å²) in [4.78, 5) is 11.4. The lowest BCUT2D eigenvalue weighted by molar-refractivity contribution is 0.246. The molecular weight excluding hydrogens is 280 g/mol. The number of nitrogens with two attached hydrogens (primary N) is 1. The van der Waals surface area contributed by atoms with E-state index in [0.717, 1.165) is 4.68 Å². The molecule has 20 heavy (non-hydrogen) atoms. The van der Waals surface area contributed by atoms with Gasteiger partial charge in [-0.1, -0.05) is 18.2 Å². The molecule has 1 amide bonds. The van der Waals surface area contributed by atoms with E-state index < -0.39 is 16.1 Å². The van der Waals surface area contributed by atoms with Crippen LogP contribution in [0.4, 0.5) is 4.79 Å². The minimum atomic E-state index is -3.58. The molecule has 2 heterocycles. The first-order valence-electron chi connectivity index (χ1n) is 5.91. The highest BCUT2D eigenvalue weighted by atomic mass is 32.2. The van der Waals surface area contributed by atoms with Gasteiger partial charge in [-0.2, -0.15) is 14.1 Å². The van der Waals surface area contributed by atoms with Crippen LogP contribution in [0.15, 0.2) is 41.4 Å². The second kappa shape index (κ2) is 4.43. The van der Waals surface area contributed by atoms with Crippen LogP contribution in [0.2, 0.25) is 0 Å². The average Bonchev–Trinajstić information content (AvgIpc) is 2.99. The van der Waals surface area contributed by atoms with Crippen LogP contribution in [-0.2, 0) is 23.1 Å². The number of fused-ring (bicyclic) bond motifs is 1. The molecule has 0 aliphatic carbocycles. The van der Waals surface area contributed by atoms with Crippen molar-refractivity contribution in [2.75, 3.05) is 0 Å². The van der Waals surface area contributed by atoms with Crippen molar-refractivity contribution < 1.29 is 13.2 Å². The Bertz CT molecular complexity index is 767. The number of aromatic nitrogens is 2. The maximum Gasteiger partial charge on any atom is 0.339 e. The molecule has 2 N–H and O–H groups in total. The normalized spacial score (nSPS) is 15.2. The molecule has 3 rings (SSSR count). The number of amides is 1. The highest BCUT2D eigenvalue weighted by Crippen LogP contribution is 2.28. The van der Waals surface area contributed by atoms with Crippen molar-refractivity contribution in [2.24, 2.45) is 5.73 Å². The highest BCUT2D eigenvalue weighted by molar-refractivity contribution is 7.89. The summed E-state index contributed by atoms with van der Waals surface area (Å²) in [5.41, 5.74) is 6.41. The minimum Gasteiger partial charge on any atom is -0.350 e. The summed E-state index contributed by atoms with van der Waals surface area (Å²) in [5.74, 6) is 0. The Morgan fingerprint density at radius 2 is 1.90 bits per heavy atom. The summed E-state index contributed by atoms with van der Waals surface area (Å²) in [7, 11) is -3.58. The van der Waals surface area contributed by atoms with Gasteiger partial charge in [0.2, 0.25) is 10.0 Å². The number of benzene rings is 1. The molecule has 1 aromatic carbocycles. The van der Waals surface area contributed by atoms with Gasteiger partial charge < -0.3 is 5.73 Å². The molecule has 0 unspecified atom stereocenters. The summed E-state index contributed by atoms with van der Waals surface area (Å²) >= 11 is 0. The van der Waals surface area contributed by atoms with Gasteiger partial charge in [0.25, 0.3) is 0 Å². The molecule has 0 fully saturated rings. The van der Waals surface area contributed by atoms with Crippen molar-refractivity contribution in [1.29, 1.82) is 0 Å². The maximum atomic E-state index is 12.5. The molecule has 0 radical (unpaired) electrons. The van der Waals surface area contributed by atoms with E-state index in [-0.39, 0.29) is 18.0 Å². The molecule has 1 aliphatic rings. The molecule has 0 bridgehead atoms. The van der Waals surface area contributed by atoms with E-state index in [9.17, 15) is 13.2 Å². The van der Waals surface area contributed by atoms with E-state index >= 15 is 0 Å². The fraction of sp³-hybridized carbons (Fsp3) is 0.167. The quantitative estimate of drug-likeness (QED) is 0.872. The third kappa shape index (κ3) is 1.89. The van der Waals surface area contributed by atoms with E-state index in [1.165, 1.54) is 10.5 Å². The molecule has 0 saturated carbocycles. The van der Waals surface area contributed by atoms with Gasteiger partial charge in [0.15, 0.2) is 0 Å². The maximum absolute atomic E-state index is 12.5. The molecule has 8 heteroatoms. The molecule has 2 aromatic rings. The van der Waals surface area contributed by atoms with Crippen molar-refractivity contribution >= 4 is 16.1 Å². The zero-order valence-electron chi connectivity index (χ0n) is 10.4. The van der Waals surface area contributed by atoms with Gasteiger partial charge >= 0.3 is 6.03 Å². The predicted octanol–water partition coefficient (Wildman–Crippen LogP) is 0.514. The number of primary amides is 1. The van der Waals surface area contributed by atoms with Crippen molar-refractivity contribution in [3.8, 4) is 0 Å². The molecule has 1 aromatic heterocycles. The number of carbonyl (C=O) groups is 1. The smallest absolute Gasteiger partial charge is 0.339 e. The van der Waals surface area contributed by atoms with Crippen LogP contribution in [0, 0.1) is 0 Å². The average molecular weight is 292 g/mol. The van der Waals surface area contributed by atoms with Crippen molar-refractivity contribution in [2.45, 2.75) is 18.0 Å². The fourth-order valence-corrected chi connectivity index (χ4v) is 3.62.